The van der Waals surface area contributed by atoms with Crippen LogP contribution in [0.3, 0.4) is 0 Å². The summed E-state index contributed by atoms with van der Waals surface area (Å²) in [7, 11) is 1.52. The molecule has 20 heavy (non-hydrogen) atoms. The van der Waals surface area contributed by atoms with Crippen molar-refractivity contribution in [3.05, 3.63) is 58.4 Å². The maximum Gasteiger partial charge on any atom is 0.195 e. The number of ether oxygens (including phenoxy) is 1. The van der Waals surface area contributed by atoms with E-state index in [1.54, 1.807) is 32.0 Å². The van der Waals surface area contributed by atoms with Crippen LogP contribution in [0.1, 0.15) is 27.0 Å². The highest BCUT2D eigenvalue weighted by Gasteiger charge is 2.18. The molecule has 2 aromatic rings. The summed E-state index contributed by atoms with van der Waals surface area (Å²) in [6.07, 6.45) is 0. The molecule has 0 heterocycles. The first-order chi connectivity index (χ1) is 9.43. The van der Waals surface area contributed by atoms with Crippen molar-refractivity contribution < 1.29 is 13.9 Å². The Labute approximate surface area is 117 Å². The zero-order chi connectivity index (χ0) is 14.9. The Bertz CT molecular complexity index is 657. The highest BCUT2D eigenvalue weighted by Crippen LogP contribution is 2.25. The van der Waals surface area contributed by atoms with E-state index in [1.807, 2.05) is 0 Å². The number of hydrogen-bond donors (Lipinski definition) is 1. The molecule has 2 rings (SSSR count). The molecule has 4 heteroatoms. The summed E-state index contributed by atoms with van der Waals surface area (Å²) in [5.41, 5.74) is 8.26. The van der Waals surface area contributed by atoms with E-state index < -0.39 is 0 Å². The van der Waals surface area contributed by atoms with Crippen LogP contribution in [-0.4, -0.2) is 12.9 Å². The minimum absolute atomic E-state index is 0.226. The topological polar surface area (TPSA) is 52.3 Å². The molecule has 0 aromatic heterocycles. The monoisotopic (exact) mass is 273 g/mol. The molecule has 0 aliphatic heterocycles. The molecular formula is C16H16FNO2. The largest absolute Gasteiger partial charge is 0.497 e. The van der Waals surface area contributed by atoms with E-state index in [0.29, 0.717) is 33.7 Å². The SMILES string of the molecule is COc1ccc(N)c(C(=O)c2c(C)cc(F)cc2C)c1. The van der Waals surface area contributed by atoms with Gasteiger partial charge in [0.15, 0.2) is 5.78 Å². The lowest BCUT2D eigenvalue weighted by molar-refractivity contribution is 0.103. The Morgan fingerprint density at radius 3 is 2.30 bits per heavy atom. The summed E-state index contributed by atoms with van der Waals surface area (Å²) < 4.78 is 18.4. The predicted molar refractivity (Wildman–Crippen MR) is 76.7 cm³/mol. The van der Waals surface area contributed by atoms with Crippen molar-refractivity contribution in [1.29, 1.82) is 0 Å². The first kappa shape index (κ1) is 14.1. The average Bonchev–Trinajstić information content (AvgIpc) is 2.37. The van der Waals surface area contributed by atoms with E-state index in [1.165, 1.54) is 19.2 Å². The molecule has 104 valence electrons. The van der Waals surface area contributed by atoms with Gasteiger partial charge in [0.25, 0.3) is 0 Å². The van der Waals surface area contributed by atoms with Crippen LogP contribution in [0.15, 0.2) is 30.3 Å². The Hall–Kier alpha value is -2.36. The maximum atomic E-state index is 13.3. The normalized spacial score (nSPS) is 10.4. The second-order valence-corrected chi connectivity index (χ2v) is 4.70. The molecule has 0 amide bonds. The summed E-state index contributed by atoms with van der Waals surface area (Å²) >= 11 is 0. The van der Waals surface area contributed by atoms with E-state index in [-0.39, 0.29) is 11.6 Å². The highest BCUT2D eigenvalue weighted by atomic mass is 19.1. The van der Waals surface area contributed by atoms with E-state index in [9.17, 15) is 9.18 Å². The van der Waals surface area contributed by atoms with E-state index in [4.69, 9.17) is 10.5 Å². The van der Waals surface area contributed by atoms with Crippen LogP contribution < -0.4 is 10.5 Å². The minimum Gasteiger partial charge on any atom is -0.497 e. The summed E-state index contributed by atoms with van der Waals surface area (Å²) in [5.74, 6) is -0.0217. The fourth-order valence-corrected chi connectivity index (χ4v) is 2.26. The lowest BCUT2D eigenvalue weighted by atomic mass is 9.94. The number of nitrogens with two attached hydrogens (primary N) is 1. The molecule has 0 bridgehead atoms. The van der Waals surface area contributed by atoms with E-state index in [0.717, 1.165) is 0 Å². The van der Waals surface area contributed by atoms with Crippen LogP contribution in [-0.2, 0) is 0 Å². The molecule has 0 saturated carbocycles. The van der Waals surface area contributed by atoms with Crippen molar-refractivity contribution in [1.82, 2.24) is 0 Å². The lowest BCUT2D eigenvalue weighted by Gasteiger charge is -2.12. The molecule has 0 atom stereocenters. The molecule has 2 N–H and O–H groups in total. The third kappa shape index (κ3) is 2.50. The van der Waals surface area contributed by atoms with Gasteiger partial charge in [-0.15, -0.1) is 0 Å². The quantitative estimate of drug-likeness (QED) is 0.689. The van der Waals surface area contributed by atoms with Gasteiger partial charge in [0, 0.05) is 16.8 Å². The number of rotatable bonds is 3. The molecule has 0 radical (unpaired) electrons. The third-order valence-electron chi connectivity index (χ3n) is 3.23. The number of nitrogen functional groups attached to an aromatic ring is 1. The van der Waals surface area contributed by atoms with Gasteiger partial charge in [0.1, 0.15) is 11.6 Å². The maximum absolute atomic E-state index is 13.3. The number of hydrogen-bond acceptors (Lipinski definition) is 3. The van der Waals surface area contributed by atoms with Crippen LogP contribution >= 0.6 is 0 Å². The van der Waals surface area contributed by atoms with Crippen molar-refractivity contribution in [2.45, 2.75) is 13.8 Å². The van der Waals surface area contributed by atoms with Crippen LogP contribution in [0.5, 0.6) is 5.75 Å². The molecule has 0 unspecified atom stereocenters. The number of halogens is 1. The second kappa shape index (κ2) is 5.33. The summed E-state index contributed by atoms with van der Waals surface area (Å²) in [6.45, 7) is 3.42. The Morgan fingerprint density at radius 2 is 1.75 bits per heavy atom. The van der Waals surface area contributed by atoms with Gasteiger partial charge in [-0.1, -0.05) is 0 Å². The smallest absolute Gasteiger partial charge is 0.195 e. The van der Waals surface area contributed by atoms with Gasteiger partial charge in [-0.2, -0.15) is 0 Å². The van der Waals surface area contributed by atoms with Gasteiger partial charge < -0.3 is 10.5 Å². The fourth-order valence-electron chi connectivity index (χ4n) is 2.26. The van der Waals surface area contributed by atoms with Crippen molar-refractivity contribution in [2.24, 2.45) is 0 Å². The minimum atomic E-state index is -0.352. The molecular weight excluding hydrogens is 257 g/mol. The van der Waals surface area contributed by atoms with Gasteiger partial charge >= 0.3 is 0 Å². The number of aryl methyl sites for hydroxylation is 2. The van der Waals surface area contributed by atoms with Crippen LogP contribution in [0, 0.1) is 19.7 Å². The number of benzene rings is 2. The zero-order valence-corrected chi connectivity index (χ0v) is 11.7. The molecule has 0 aliphatic rings. The van der Waals surface area contributed by atoms with Crippen LogP contribution in [0.4, 0.5) is 10.1 Å². The summed E-state index contributed by atoms with van der Waals surface area (Å²) in [4.78, 5) is 12.6. The summed E-state index contributed by atoms with van der Waals surface area (Å²) in [5, 5.41) is 0. The number of carbonyl (C=O) groups excluding carboxylic acids is 1. The molecule has 0 aliphatic carbocycles. The third-order valence-corrected chi connectivity index (χ3v) is 3.23. The zero-order valence-electron chi connectivity index (χ0n) is 11.7. The first-order valence-electron chi connectivity index (χ1n) is 6.19. The van der Waals surface area contributed by atoms with Crippen molar-refractivity contribution in [2.75, 3.05) is 12.8 Å². The number of ketones is 1. The molecule has 0 saturated heterocycles. The molecule has 2 aromatic carbocycles. The van der Waals surface area contributed by atoms with Gasteiger partial charge in [-0.05, 0) is 55.3 Å². The first-order valence-corrected chi connectivity index (χ1v) is 6.19. The van der Waals surface area contributed by atoms with Crippen LogP contribution in [0.2, 0.25) is 0 Å². The number of anilines is 1. The van der Waals surface area contributed by atoms with Gasteiger partial charge in [0.05, 0.1) is 7.11 Å². The molecule has 3 nitrogen and oxygen atoms in total. The van der Waals surface area contributed by atoms with Gasteiger partial charge in [0.2, 0.25) is 0 Å². The van der Waals surface area contributed by atoms with Crippen molar-refractivity contribution in [3.63, 3.8) is 0 Å². The van der Waals surface area contributed by atoms with Crippen molar-refractivity contribution in [3.8, 4) is 5.75 Å². The summed E-state index contributed by atoms with van der Waals surface area (Å²) in [6, 6.07) is 7.60. The standard InChI is InChI=1S/C16H16FNO2/c1-9-6-11(17)7-10(2)15(9)16(19)13-8-12(20-3)4-5-14(13)18/h4-8H,18H2,1-3H3. The van der Waals surface area contributed by atoms with Crippen molar-refractivity contribution >= 4 is 11.5 Å². The van der Waals surface area contributed by atoms with Gasteiger partial charge in [-0.25, -0.2) is 4.39 Å². The number of carbonyl (C=O) groups is 1. The molecule has 0 fully saturated rings. The average molecular weight is 273 g/mol. The highest BCUT2D eigenvalue weighted by molar-refractivity contribution is 6.13. The number of methoxy groups -OCH3 is 1. The molecule has 0 spiro atoms. The fraction of sp³-hybridized carbons (Fsp3) is 0.188. The van der Waals surface area contributed by atoms with Crippen LogP contribution in [0.25, 0.3) is 0 Å². The van der Waals surface area contributed by atoms with Gasteiger partial charge in [-0.3, -0.25) is 4.79 Å². The van der Waals surface area contributed by atoms with E-state index in [2.05, 4.69) is 0 Å². The Balaban J connectivity index is 2.57. The Kier molecular flexibility index (Phi) is 3.74. The predicted octanol–water partition coefficient (Wildman–Crippen LogP) is 3.26. The second-order valence-electron chi connectivity index (χ2n) is 4.70. The lowest BCUT2D eigenvalue weighted by Crippen LogP contribution is -2.10. The Morgan fingerprint density at radius 1 is 1.15 bits per heavy atom. The van der Waals surface area contributed by atoms with E-state index >= 15 is 0 Å².